The first kappa shape index (κ1) is 5.06. The van der Waals surface area contributed by atoms with Crippen molar-refractivity contribution < 1.29 is 0 Å². The summed E-state index contributed by atoms with van der Waals surface area (Å²) in [4.78, 5) is 5.47. The van der Waals surface area contributed by atoms with Crippen LogP contribution in [0.4, 0.5) is 0 Å². The number of halogens is 1. The van der Waals surface area contributed by atoms with Crippen LogP contribution >= 0.6 is 11.6 Å². The van der Waals surface area contributed by atoms with Gasteiger partial charge in [0.05, 0.1) is 0 Å². The Morgan fingerprint density at radius 1 is 2.00 bits per heavy atom. The first-order valence-corrected chi connectivity index (χ1v) is 2.39. The number of hydrogen-bond donors (Lipinski definition) is 0. The fourth-order valence-corrected chi connectivity index (χ4v) is 0.460. The van der Waals surface area contributed by atoms with Crippen molar-refractivity contribution >= 4 is 17.8 Å². The van der Waals surface area contributed by atoms with Crippen molar-refractivity contribution in [2.75, 3.05) is 7.05 Å². The molecule has 2 nitrogen and oxygen atoms in total. The van der Waals surface area contributed by atoms with Gasteiger partial charge in [0, 0.05) is 6.21 Å². The summed E-state index contributed by atoms with van der Waals surface area (Å²) in [7, 11) is 1.82. The van der Waals surface area contributed by atoms with E-state index in [0.717, 1.165) is 0 Å². The predicted molar refractivity (Wildman–Crippen MR) is 29.1 cm³/mol. The number of alkyl halides is 1. The van der Waals surface area contributed by atoms with Crippen LogP contribution in [0.5, 0.6) is 0 Å². The lowest BCUT2D eigenvalue weighted by molar-refractivity contribution is 0.431. The van der Waals surface area contributed by atoms with Crippen LogP contribution in [-0.2, 0) is 0 Å². The van der Waals surface area contributed by atoms with Gasteiger partial charge in [-0.05, 0) is 7.05 Å². The number of rotatable bonds is 0. The molecule has 0 N–H and O–H groups in total. The fourth-order valence-electron chi connectivity index (χ4n) is 0.347. The summed E-state index contributed by atoms with van der Waals surface area (Å²) in [6.07, 6.45) is 1.57. The van der Waals surface area contributed by atoms with Crippen molar-refractivity contribution in [2.45, 2.75) is 5.62 Å². The lowest BCUT2D eigenvalue weighted by Crippen LogP contribution is -2.16. The summed E-state index contributed by atoms with van der Waals surface area (Å²) in [6.45, 7) is 2.78. The number of aliphatic imine (C=N–C) groups is 1. The summed E-state index contributed by atoms with van der Waals surface area (Å²) < 4.78 is 0. The lowest BCUT2D eigenvalue weighted by atomic mass is 10.7. The molecular formula is C4H5ClN2. The first-order chi connectivity index (χ1) is 3.30. The van der Waals surface area contributed by atoms with E-state index >= 15 is 0 Å². The van der Waals surface area contributed by atoms with E-state index in [-0.39, 0.29) is 5.62 Å². The quantitative estimate of drug-likeness (QED) is 0.334. The molecule has 1 atom stereocenters. The van der Waals surface area contributed by atoms with Crippen molar-refractivity contribution in [1.29, 1.82) is 0 Å². The van der Waals surface area contributed by atoms with Crippen LogP contribution in [0.2, 0.25) is 0 Å². The van der Waals surface area contributed by atoms with Crippen molar-refractivity contribution in [1.82, 2.24) is 4.90 Å². The van der Waals surface area contributed by atoms with Crippen LogP contribution in [0.15, 0.2) is 4.99 Å². The van der Waals surface area contributed by atoms with Crippen LogP contribution in [0, 0.1) is 6.54 Å². The molecule has 1 rings (SSSR count). The zero-order chi connectivity index (χ0) is 5.28. The van der Waals surface area contributed by atoms with Crippen molar-refractivity contribution in [3.8, 4) is 0 Å². The standard InChI is InChI=1S/C4H5ClN2/c1-7-3-2-6-4(7)5/h2,4H,1H3. The molecule has 0 aromatic carbocycles. The maximum atomic E-state index is 5.53. The molecule has 1 aliphatic heterocycles. The van der Waals surface area contributed by atoms with Gasteiger partial charge in [-0.3, -0.25) is 9.89 Å². The minimum Gasteiger partial charge on any atom is -0.260 e. The van der Waals surface area contributed by atoms with E-state index in [1.165, 1.54) is 0 Å². The average Bonchev–Trinajstić information content (AvgIpc) is 1.91. The minimum atomic E-state index is -0.222. The normalized spacial score (nSPS) is 32.0. The van der Waals surface area contributed by atoms with Gasteiger partial charge in [0.1, 0.15) is 6.54 Å². The molecule has 7 heavy (non-hydrogen) atoms. The highest BCUT2D eigenvalue weighted by Crippen LogP contribution is 2.08. The summed E-state index contributed by atoms with van der Waals surface area (Å²) >= 11 is 5.53. The van der Waals surface area contributed by atoms with Gasteiger partial charge >= 0.3 is 0 Å². The predicted octanol–water partition coefficient (Wildman–Crippen LogP) is 0.564. The Bertz CT molecular complexity index is 91.7. The summed E-state index contributed by atoms with van der Waals surface area (Å²) in [5.74, 6) is 0. The van der Waals surface area contributed by atoms with Gasteiger partial charge in [0.15, 0.2) is 5.62 Å². The Balaban J connectivity index is 2.45. The van der Waals surface area contributed by atoms with Crippen LogP contribution < -0.4 is 0 Å². The van der Waals surface area contributed by atoms with Crippen LogP contribution in [-0.4, -0.2) is 23.8 Å². The molecule has 0 fully saturated rings. The van der Waals surface area contributed by atoms with E-state index in [2.05, 4.69) is 11.5 Å². The minimum absolute atomic E-state index is 0.222. The SMILES string of the molecule is CN1[C]C=NC1Cl. The second-order valence-electron chi connectivity index (χ2n) is 1.33. The van der Waals surface area contributed by atoms with E-state index in [1.54, 1.807) is 11.1 Å². The first-order valence-electron chi connectivity index (χ1n) is 1.95. The molecule has 0 aromatic rings. The summed E-state index contributed by atoms with van der Waals surface area (Å²) in [5, 5.41) is 0. The molecule has 0 bridgehead atoms. The fraction of sp³-hybridized carbons (Fsp3) is 0.500. The summed E-state index contributed by atoms with van der Waals surface area (Å²) in [5.41, 5.74) is -0.222. The highest BCUT2D eigenvalue weighted by molar-refractivity contribution is 6.21. The van der Waals surface area contributed by atoms with Gasteiger partial charge in [-0.15, -0.1) is 0 Å². The second kappa shape index (κ2) is 1.80. The van der Waals surface area contributed by atoms with Crippen molar-refractivity contribution in [3.05, 3.63) is 6.54 Å². The third-order valence-corrected chi connectivity index (χ3v) is 1.18. The smallest absolute Gasteiger partial charge is 0.178 e. The topological polar surface area (TPSA) is 15.6 Å². The molecule has 0 saturated carbocycles. The van der Waals surface area contributed by atoms with Gasteiger partial charge in [0.2, 0.25) is 0 Å². The lowest BCUT2D eigenvalue weighted by Gasteiger charge is -2.06. The molecule has 1 unspecified atom stereocenters. The highest BCUT2D eigenvalue weighted by atomic mass is 35.5. The van der Waals surface area contributed by atoms with E-state index in [0.29, 0.717) is 0 Å². The van der Waals surface area contributed by atoms with Crippen molar-refractivity contribution in [3.63, 3.8) is 0 Å². The molecule has 0 aromatic heterocycles. The molecule has 1 aliphatic rings. The maximum Gasteiger partial charge on any atom is 0.178 e. The van der Waals surface area contributed by atoms with Crippen LogP contribution in [0.3, 0.4) is 0 Å². The molecule has 0 amide bonds. The largest absolute Gasteiger partial charge is 0.260 e. The van der Waals surface area contributed by atoms with E-state index < -0.39 is 0 Å². The Morgan fingerprint density at radius 3 is 2.86 bits per heavy atom. The summed E-state index contributed by atoms with van der Waals surface area (Å²) in [6, 6.07) is 0. The van der Waals surface area contributed by atoms with Crippen molar-refractivity contribution in [2.24, 2.45) is 4.99 Å². The second-order valence-corrected chi connectivity index (χ2v) is 1.72. The van der Waals surface area contributed by atoms with Gasteiger partial charge in [-0.1, -0.05) is 11.6 Å². The highest BCUT2D eigenvalue weighted by Gasteiger charge is 2.12. The van der Waals surface area contributed by atoms with E-state index in [4.69, 9.17) is 11.6 Å². The van der Waals surface area contributed by atoms with Gasteiger partial charge in [-0.25, -0.2) is 0 Å². The maximum absolute atomic E-state index is 5.53. The zero-order valence-electron chi connectivity index (χ0n) is 3.93. The van der Waals surface area contributed by atoms with E-state index in [1.807, 2.05) is 7.05 Å². The monoisotopic (exact) mass is 116 g/mol. The Hall–Kier alpha value is -0.0800. The Morgan fingerprint density at radius 2 is 2.71 bits per heavy atom. The Labute approximate surface area is 47.8 Å². The molecule has 1 heterocycles. The molecule has 2 radical (unpaired) electrons. The molecule has 0 saturated heterocycles. The third kappa shape index (κ3) is 0.924. The molecule has 3 heteroatoms. The Kier molecular flexibility index (Phi) is 1.30. The van der Waals surface area contributed by atoms with Gasteiger partial charge in [0.25, 0.3) is 0 Å². The zero-order valence-corrected chi connectivity index (χ0v) is 4.68. The number of nitrogens with zero attached hydrogens (tertiary/aromatic N) is 2. The van der Waals surface area contributed by atoms with Gasteiger partial charge in [-0.2, -0.15) is 0 Å². The third-order valence-electron chi connectivity index (χ3n) is 0.779. The van der Waals surface area contributed by atoms with Crippen LogP contribution in [0.1, 0.15) is 0 Å². The molecule has 38 valence electrons. The molecular weight excluding hydrogens is 112 g/mol. The number of hydrogen-bond acceptors (Lipinski definition) is 2. The van der Waals surface area contributed by atoms with Gasteiger partial charge < -0.3 is 0 Å². The average molecular weight is 117 g/mol. The van der Waals surface area contributed by atoms with E-state index in [9.17, 15) is 0 Å². The molecule has 0 spiro atoms. The van der Waals surface area contributed by atoms with Crippen LogP contribution in [0.25, 0.3) is 0 Å². The molecule has 0 aliphatic carbocycles.